The first-order valence-electron chi connectivity index (χ1n) is 8.04. The van der Waals surface area contributed by atoms with E-state index < -0.39 is 17.6 Å². The summed E-state index contributed by atoms with van der Waals surface area (Å²) in [5.41, 5.74) is 12.5. The van der Waals surface area contributed by atoms with Crippen LogP contribution in [0.1, 0.15) is 18.2 Å². The molecule has 1 unspecified atom stereocenters. The maximum absolute atomic E-state index is 13.4. The molecule has 2 amide bonds. The summed E-state index contributed by atoms with van der Waals surface area (Å²) < 4.78 is 13.4. The molecular formula is C17H20ClFN6O2. The Balaban J connectivity index is 1.91. The van der Waals surface area contributed by atoms with Gasteiger partial charge in [-0.2, -0.15) is 0 Å². The molecule has 1 aromatic heterocycles. The number of guanidine groups is 1. The van der Waals surface area contributed by atoms with Gasteiger partial charge >= 0.3 is 11.8 Å². The van der Waals surface area contributed by atoms with E-state index in [1.165, 1.54) is 12.1 Å². The molecule has 2 rings (SSSR count). The van der Waals surface area contributed by atoms with Crippen LogP contribution in [0.3, 0.4) is 0 Å². The standard InChI is InChI=1S/C17H20ClFN6O2/c1-9(24-17(20)21)6-10-4-5-22-14(10)8-23-15(26)16(27)25-11-2-3-12(18)13(19)7-11/h2-5,7,9,22H,6,8H2,1H3,(H,23,26)(H,25,27)(H4,20,21,24). The van der Waals surface area contributed by atoms with Crippen LogP contribution in [0.5, 0.6) is 0 Å². The minimum Gasteiger partial charge on any atom is -0.370 e. The number of aliphatic imine (C=N–C) groups is 1. The molecule has 1 atom stereocenters. The van der Waals surface area contributed by atoms with Crippen molar-refractivity contribution in [1.29, 1.82) is 0 Å². The molecule has 0 saturated heterocycles. The Hall–Kier alpha value is -3.07. The average Bonchev–Trinajstić information content (AvgIpc) is 3.02. The summed E-state index contributed by atoms with van der Waals surface area (Å²) in [6.07, 6.45) is 2.28. The van der Waals surface area contributed by atoms with Crippen LogP contribution in [-0.2, 0) is 22.6 Å². The van der Waals surface area contributed by atoms with Crippen molar-refractivity contribution >= 4 is 35.1 Å². The van der Waals surface area contributed by atoms with Crippen LogP contribution in [0, 0.1) is 5.82 Å². The monoisotopic (exact) mass is 394 g/mol. The number of aromatic amines is 1. The summed E-state index contributed by atoms with van der Waals surface area (Å²) >= 11 is 5.57. The third-order valence-electron chi connectivity index (χ3n) is 3.62. The number of hydrogen-bond donors (Lipinski definition) is 5. The first-order valence-corrected chi connectivity index (χ1v) is 8.42. The van der Waals surface area contributed by atoms with E-state index in [0.717, 1.165) is 17.3 Å². The van der Waals surface area contributed by atoms with Gasteiger partial charge in [0.15, 0.2) is 5.96 Å². The zero-order chi connectivity index (χ0) is 20.0. The summed E-state index contributed by atoms with van der Waals surface area (Å²) in [6, 6.07) is 5.42. The quantitative estimate of drug-likeness (QED) is 0.286. The van der Waals surface area contributed by atoms with Gasteiger partial charge in [-0.05, 0) is 43.2 Å². The summed E-state index contributed by atoms with van der Waals surface area (Å²) in [4.78, 5) is 30.9. The fourth-order valence-corrected chi connectivity index (χ4v) is 2.54. The van der Waals surface area contributed by atoms with Crippen molar-refractivity contribution in [2.24, 2.45) is 16.5 Å². The highest BCUT2D eigenvalue weighted by Crippen LogP contribution is 2.18. The molecule has 0 radical (unpaired) electrons. The van der Waals surface area contributed by atoms with E-state index >= 15 is 0 Å². The molecule has 0 saturated carbocycles. The van der Waals surface area contributed by atoms with E-state index in [2.05, 4.69) is 20.6 Å². The lowest BCUT2D eigenvalue weighted by Crippen LogP contribution is -2.35. The number of carbonyl (C=O) groups is 2. The average molecular weight is 395 g/mol. The molecule has 0 aliphatic carbocycles. The van der Waals surface area contributed by atoms with Gasteiger partial charge in [-0.1, -0.05) is 11.6 Å². The minimum atomic E-state index is -0.918. The highest BCUT2D eigenvalue weighted by molar-refractivity contribution is 6.39. The van der Waals surface area contributed by atoms with Crippen LogP contribution in [0.15, 0.2) is 35.5 Å². The molecule has 1 aromatic carbocycles. The third kappa shape index (κ3) is 6.00. The van der Waals surface area contributed by atoms with Gasteiger partial charge in [-0.15, -0.1) is 0 Å². The number of nitrogens with one attached hydrogen (secondary N) is 3. The molecule has 0 spiro atoms. The van der Waals surface area contributed by atoms with Gasteiger partial charge in [0, 0.05) is 17.6 Å². The molecule has 27 heavy (non-hydrogen) atoms. The number of aromatic nitrogens is 1. The van der Waals surface area contributed by atoms with E-state index in [1.54, 1.807) is 6.20 Å². The number of nitrogens with two attached hydrogens (primary N) is 2. The molecule has 8 nitrogen and oxygen atoms in total. The van der Waals surface area contributed by atoms with E-state index in [0.29, 0.717) is 6.42 Å². The van der Waals surface area contributed by atoms with Crippen LogP contribution in [0.4, 0.5) is 10.1 Å². The molecule has 10 heteroatoms. The van der Waals surface area contributed by atoms with Crippen molar-refractivity contribution in [3.63, 3.8) is 0 Å². The summed E-state index contributed by atoms with van der Waals surface area (Å²) in [7, 11) is 0. The van der Waals surface area contributed by atoms with E-state index in [9.17, 15) is 14.0 Å². The molecule has 0 bridgehead atoms. The molecule has 7 N–H and O–H groups in total. The molecule has 2 aromatic rings. The number of rotatable bonds is 6. The van der Waals surface area contributed by atoms with Crippen LogP contribution >= 0.6 is 11.6 Å². The van der Waals surface area contributed by atoms with Crippen molar-refractivity contribution in [3.05, 3.63) is 52.6 Å². The van der Waals surface area contributed by atoms with Gasteiger partial charge in [0.2, 0.25) is 0 Å². The summed E-state index contributed by atoms with van der Waals surface area (Å²) in [6.45, 7) is 1.96. The largest absolute Gasteiger partial charge is 0.370 e. The lowest BCUT2D eigenvalue weighted by Gasteiger charge is -2.10. The third-order valence-corrected chi connectivity index (χ3v) is 3.93. The van der Waals surface area contributed by atoms with Crippen LogP contribution in [0.2, 0.25) is 5.02 Å². The van der Waals surface area contributed by atoms with E-state index in [-0.39, 0.29) is 29.3 Å². The van der Waals surface area contributed by atoms with Crippen LogP contribution in [-0.4, -0.2) is 28.8 Å². The summed E-state index contributed by atoms with van der Waals surface area (Å²) in [5, 5.41) is 4.72. The second-order valence-corrected chi connectivity index (χ2v) is 6.26. The Bertz CT molecular complexity index is 863. The molecule has 0 aliphatic rings. The highest BCUT2D eigenvalue weighted by Gasteiger charge is 2.16. The fourth-order valence-electron chi connectivity index (χ4n) is 2.42. The maximum atomic E-state index is 13.4. The lowest BCUT2D eigenvalue weighted by molar-refractivity contribution is -0.136. The zero-order valence-corrected chi connectivity index (χ0v) is 15.3. The molecule has 0 aliphatic heterocycles. The number of nitrogens with zero attached hydrogens (tertiary/aromatic N) is 1. The number of benzene rings is 1. The maximum Gasteiger partial charge on any atom is 0.313 e. The van der Waals surface area contributed by atoms with Gasteiger partial charge in [0.25, 0.3) is 0 Å². The van der Waals surface area contributed by atoms with E-state index in [1.807, 2.05) is 13.0 Å². The zero-order valence-electron chi connectivity index (χ0n) is 14.6. The van der Waals surface area contributed by atoms with Gasteiger partial charge in [0.1, 0.15) is 5.82 Å². The van der Waals surface area contributed by atoms with Crippen molar-refractivity contribution in [2.45, 2.75) is 25.9 Å². The van der Waals surface area contributed by atoms with Gasteiger partial charge in [-0.25, -0.2) is 4.39 Å². The summed E-state index contributed by atoms with van der Waals surface area (Å²) in [5.74, 6) is -2.47. The predicted octanol–water partition coefficient (Wildman–Crippen LogP) is 1.27. The first kappa shape index (κ1) is 20.2. The Morgan fingerprint density at radius 1 is 1.30 bits per heavy atom. The van der Waals surface area contributed by atoms with Crippen molar-refractivity contribution in [3.8, 4) is 0 Å². The Morgan fingerprint density at radius 3 is 2.70 bits per heavy atom. The van der Waals surface area contributed by atoms with Crippen molar-refractivity contribution in [1.82, 2.24) is 10.3 Å². The topological polar surface area (TPSA) is 138 Å². The molecule has 144 valence electrons. The lowest BCUT2D eigenvalue weighted by atomic mass is 10.1. The molecule has 0 fully saturated rings. The number of halogens is 2. The normalized spacial score (nSPS) is 11.5. The Labute approximate surface area is 160 Å². The number of hydrogen-bond acceptors (Lipinski definition) is 3. The Morgan fingerprint density at radius 2 is 2.04 bits per heavy atom. The van der Waals surface area contributed by atoms with Crippen LogP contribution < -0.4 is 22.1 Å². The Kier molecular flexibility index (Phi) is 6.78. The molecule has 1 heterocycles. The highest BCUT2D eigenvalue weighted by atomic mass is 35.5. The van der Waals surface area contributed by atoms with Crippen LogP contribution in [0.25, 0.3) is 0 Å². The SMILES string of the molecule is CC(Cc1cc[nH]c1CNC(=O)C(=O)Nc1ccc(Cl)c(F)c1)N=C(N)N. The predicted molar refractivity (Wildman–Crippen MR) is 102 cm³/mol. The second kappa shape index (κ2) is 9.04. The molecular weight excluding hydrogens is 375 g/mol. The van der Waals surface area contributed by atoms with Gasteiger partial charge in [-0.3, -0.25) is 14.6 Å². The van der Waals surface area contributed by atoms with Crippen molar-refractivity contribution in [2.75, 3.05) is 5.32 Å². The number of amides is 2. The first-order chi connectivity index (χ1) is 12.8. The minimum absolute atomic E-state index is 0.00296. The van der Waals surface area contributed by atoms with Gasteiger partial charge < -0.3 is 27.1 Å². The number of anilines is 1. The number of carbonyl (C=O) groups excluding carboxylic acids is 2. The van der Waals surface area contributed by atoms with E-state index in [4.69, 9.17) is 23.1 Å². The van der Waals surface area contributed by atoms with Gasteiger partial charge in [0.05, 0.1) is 17.6 Å². The smallest absolute Gasteiger partial charge is 0.313 e. The second-order valence-electron chi connectivity index (χ2n) is 5.85. The number of H-pyrrole nitrogens is 1. The van der Waals surface area contributed by atoms with Crippen molar-refractivity contribution < 1.29 is 14.0 Å². The fraction of sp³-hybridized carbons (Fsp3) is 0.235.